The highest BCUT2D eigenvalue weighted by molar-refractivity contribution is 5.82. The van der Waals surface area contributed by atoms with Crippen LogP contribution in [0.4, 0.5) is 5.69 Å². The summed E-state index contributed by atoms with van der Waals surface area (Å²) in [5, 5.41) is 0. The lowest BCUT2D eigenvalue weighted by atomic mass is 9.76. The quantitative estimate of drug-likeness (QED) is 0.655. The number of nitrogen functional groups attached to an aromatic ring is 1. The first-order chi connectivity index (χ1) is 9.04. The molecule has 1 unspecified atom stereocenters. The molecule has 20 heavy (non-hydrogen) atoms. The molecule has 0 heterocycles. The van der Waals surface area contributed by atoms with Gasteiger partial charge in [0.1, 0.15) is 5.54 Å². The highest BCUT2D eigenvalue weighted by Gasteiger charge is 2.41. The second-order valence-electron chi connectivity index (χ2n) is 6.78. The summed E-state index contributed by atoms with van der Waals surface area (Å²) in [6.45, 7) is 9.79. The second-order valence-corrected chi connectivity index (χ2v) is 6.78. The summed E-state index contributed by atoms with van der Waals surface area (Å²) < 4.78 is 5.35. The molecule has 1 atom stereocenters. The lowest BCUT2D eigenvalue weighted by Crippen LogP contribution is -2.49. The Balaban J connectivity index is 3.19. The summed E-state index contributed by atoms with van der Waals surface area (Å²) in [7, 11) is 0. The first-order valence-electron chi connectivity index (χ1n) is 6.90. The maximum Gasteiger partial charge on any atom is 0.331 e. The number of anilines is 1. The molecule has 0 saturated carbocycles. The topological polar surface area (TPSA) is 78.3 Å². The lowest BCUT2D eigenvalue weighted by molar-refractivity contribution is -0.156. The second kappa shape index (κ2) is 5.83. The largest absolute Gasteiger partial charge is 0.461 e. The molecular formula is C16H26N2O2. The smallest absolute Gasteiger partial charge is 0.331 e. The fourth-order valence-corrected chi connectivity index (χ4v) is 2.23. The summed E-state index contributed by atoms with van der Waals surface area (Å²) in [6.07, 6.45) is 0.300. The highest BCUT2D eigenvalue weighted by atomic mass is 16.5. The molecule has 0 aromatic heterocycles. The molecule has 1 aromatic carbocycles. The summed E-state index contributed by atoms with van der Waals surface area (Å²) in [5.41, 5.74) is 12.2. The van der Waals surface area contributed by atoms with Gasteiger partial charge in [-0.05, 0) is 43.4 Å². The van der Waals surface area contributed by atoms with Gasteiger partial charge in [-0.25, -0.2) is 4.79 Å². The van der Waals surface area contributed by atoms with Gasteiger partial charge in [0, 0.05) is 5.69 Å². The average Bonchev–Trinajstić information content (AvgIpc) is 2.26. The van der Waals surface area contributed by atoms with Gasteiger partial charge in [-0.1, -0.05) is 32.9 Å². The third kappa shape index (κ3) is 4.23. The number of ether oxygens (including phenoxy) is 1. The van der Waals surface area contributed by atoms with Gasteiger partial charge in [0.05, 0.1) is 6.10 Å². The van der Waals surface area contributed by atoms with Crippen molar-refractivity contribution in [3.8, 4) is 0 Å². The molecule has 1 aromatic rings. The number of hydrogen-bond acceptors (Lipinski definition) is 4. The van der Waals surface area contributed by atoms with Crippen LogP contribution in [0.25, 0.3) is 0 Å². The van der Waals surface area contributed by atoms with Crippen LogP contribution in [0.15, 0.2) is 24.3 Å². The van der Waals surface area contributed by atoms with Crippen molar-refractivity contribution >= 4 is 11.7 Å². The first-order valence-corrected chi connectivity index (χ1v) is 6.90. The molecule has 0 aliphatic carbocycles. The summed E-state index contributed by atoms with van der Waals surface area (Å²) >= 11 is 0. The van der Waals surface area contributed by atoms with Crippen LogP contribution in [-0.2, 0) is 15.1 Å². The van der Waals surface area contributed by atoms with Crippen molar-refractivity contribution in [1.82, 2.24) is 0 Å². The molecule has 112 valence electrons. The van der Waals surface area contributed by atoms with Crippen molar-refractivity contribution in [3.63, 3.8) is 0 Å². The molecule has 0 radical (unpaired) electrons. The van der Waals surface area contributed by atoms with Crippen molar-refractivity contribution in [2.45, 2.75) is 52.7 Å². The van der Waals surface area contributed by atoms with E-state index >= 15 is 0 Å². The summed E-state index contributed by atoms with van der Waals surface area (Å²) in [5.74, 6) is -0.396. The Hall–Kier alpha value is -1.55. The Morgan fingerprint density at radius 2 is 1.70 bits per heavy atom. The van der Waals surface area contributed by atoms with Crippen molar-refractivity contribution in [1.29, 1.82) is 0 Å². The van der Waals surface area contributed by atoms with E-state index in [0.29, 0.717) is 12.1 Å². The summed E-state index contributed by atoms with van der Waals surface area (Å²) in [6, 6.07) is 7.09. The molecule has 0 saturated heterocycles. The van der Waals surface area contributed by atoms with Crippen molar-refractivity contribution < 1.29 is 9.53 Å². The highest BCUT2D eigenvalue weighted by Crippen LogP contribution is 2.34. The fraction of sp³-hybridized carbons (Fsp3) is 0.562. The van der Waals surface area contributed by atoms with Crippen LogP contribution < -0.4 is 11.5 Å². The molecule has 4 N–H and O–H groups in total. The van der Waals surface area contributed by atoms with Gasteiger partial charge in [-0.3, -0.25) is 0 Å². The van der Waals surface area contributed by atoms with E-state index in [9.17, 15) is 4.79 Å². The molecular weight excluding hydrogens is 252 g/mol. The zero-order valence-corrected chi connectivity index (χ0v) is 13.1. The molecule has 0 amide bonds. The minimum atomic E-state index is -1.16. The maximum absolute atomic E-state index is 12.5. The number of carbonyl (C=O) groups excluding carboxylic acids is 1. The van der Waals surface area contributed by atoms with Crippen LogP contribution in [0.1, 0.15) is 46.6 Å². The zero-order valence-electron chi connectivity index (χ0n) is 13.1. The van der Waals surface area contributed by atoms with E-state index in [2.05, 4.69) is 20.8 Å². The first kappa shape index (κ1) is 16.5. The minimum Gasteiger partial charge on any atom is -0.461 e. The van der Waals surface area contributed by atoms with Gasteiger partial charge in [0.15, 0.2) is 0 Å². The molecule has 0 aliphatic rings. The molecule has 4 heteroatoms. The Kier molecular flexibility index (Phi) is 4.81. The van der Waals surface area contributed by atoms with Gasteiger partial charge in [0.2, 0.25) is 0 Å². The van der Waals surface area contributed by atoms with E-state index in [-0.39, 0.29) is 11.5 Å². The number of carbonyl (C=O) groups is 1. The van der Waals surface area contributed by atoms with Gasteiger partial charge < -0.3 is 16.2 Å². The van der Waals surface area contributed by atoms with E-state index in [1.165, 1.54) is 0 Å². The van der Waals surface area contributed by atoms with Crippen molar-refractivity contribution in [3.05, 3.63) is 29.8 Å². The SMILES string of the molecule is CC(C)OC(=O)C(N)(CC(C)(C)C)c1ccc(N)cc1. The molecule has 0 aliphatic heterocycles. The van der Waals surface area contributed by atoms with Crippen LogP contribution in [-0.4, -0.2) is 12.1 Å². The molecule has 0 fully saturated rings. The van der Waals surface area contributed by atoms with Gasteiger partial charge in [-0.15, -0.1) is 0 Å². The van der Waals surface area contributed by atoms with Gasteiger partial charge in [-0.2, -0.15) is 0 Å². The number of esters is 1. The fourth-order valence-electron chi connectivity index (χ4n) is 2.23. The zero-order chi connectivity index (χ0) is 15.6. The van der Waals surface area contributed by atoms with Crippen LogP contribution in [0.5, 0.6) is 0 Å². The number of benzene rings is 1. The van der Waals surface area contributed by atoms with E-state index in [0.717, 1.165) is 5.56 Å². The van der Waals surface area contributed by atoms with Crippen LogP contribution >= 0.6 is 0 Å². The van der Waals surface area contributed by atoms with E-state index in [1.54, 1.807) is 24.3 Å². The number of rotatable bonds is 4. The van der Waals surface area contributed by atoms with Crippen LogP contribution in [0.3, 0.4) is 0 Å². The predicted octanol–water partition coefficient (Wildman–Crippen LogP) is 2.81. The average molecular weight is 278 g/mol. The molecule has 0 spiro atoms. The monoisotopic (exact) mass is 278 g/mol. The normalized spacial score (nSPS) is 14.9. The lowest BCUT2D eigenvalue weighted by Gasteiger charge is -2.34. The molecule has 4 nitrogen and oxygen atoms in total. The van der Waals surface area contributed by atoms with Crippen molar-refractivity contribution in [2.24, 2.45) is 11.1 Å². The Bertz CT molecular complexity index is 460. The maximum atomic E-state index is 12.5. The van der Waals surface area contributed by atoms with E-state index < -0.39 is 11.5 Å². The Labute approximate surface area is 121 Å². The third-order valence-corrected chi connectivity index (χ3v) is 2.94. The summed E-state index contributed by atoms with van der Waals surface area (Å²) in [4.78, 5) is 12.5. The van der Waals surface area contributed by atoms with Gasteiger partial charge >= 0.3 is 5.97 Å². The van der Waals surface area contributed by atoms with Crippen LogP contribution in [0, 0.1) is 5.41 Å². The predicted molar refractivity (Wildman–Crippen MR) is 82.0 cm³/mol. The van der Waals surface area contributed by atoms with Crippen molar-refractivity contribution in [2.75, 3.05) is 5.73 Å². The Morgan fingerprint density at radius 3 is 2.10 bits per heavy atom. The molecule has 1 rings (SSSR count). The standard InChI is InChI=1S/C16H26N2O2/c1-11(2)20-14(19)16(18,10-15(3,4)5)12-6-8-13(17)9-7-12/h6-9,11H,10,17-18H2,1-5H3. The Morgan fingerprint density at radius 1 is 1.20 bits per heavy atom. The van der Waals surface area contributed by atoms with E-state index in [1.807, 2.05) is 13.8 Å². The number of hydrogen-bond donors (Lipinski definition) is 2. The minimum absolute atomic E-state index is 0.105. The third-order valence-electron chi connectivity index (χ3n) is 2.94. The van der Waals surface area contributed by atoms with Gasteiger partial charge in [0.25, 0.3) is 0 Å². The van der Waals surface area contributed by atoms with E-state index in [4.69, 9.17) is 16.2 Å². The molecule has 0 bridgehead atoms. The van der Waals surface area contributed by atoms with Crippen LogP contribution in [0.2, 0.25) is 0 Å². The number of nitrogens with two attached hydrogens (primary N) is 2.